The minimum Gasteiger partial charge on any atom is -0.497 e. The molecule has 0 saturated carbocycles. The number of nitrogens with zero attached hydrogens (tertiary/aromatic N) is 1. The van der Waals surface area contributed by atoms with Crippen molar-refractivity contribution in [2.45, 2.75) is 19.0 Å². The molecule has 3 rings (SSSR count). The van der Waals surface area contributed by atoms with E-state index in [1.165, 1.54) is 0 Å². The zero-order valence-electron chi connectivity index (χ0n) is 15.6. The van der Waals surface area contributed by atoms with Crippen LogP contribution >= 0.6 is 0 Å². The van der Waals surface area contributed by atoms with Crippen molar-refractivity contribution in [1.82, 2.24) is 9.88 Å². The minimum atomic E-state index is -0.0917. The molecule has 5 nitrogen and oxygen atoms in total. The molecule has 2 aromatic carbocycles. The Morgan fingerprint density at radius 3 is 2.33 bits per heavy atom. The Bertz CT molecular complexity index is 858. The second-order valence-corrected chi connectivity index (χ2v) is 6.25. The van der Waals surface area contributed by atoms with E-state index in [4.69, 9.17) is 9.47 Å². The van der Waals surface area contributed by atoms with Crippen LogP contribution in [0, 0.1) is 0 Å². The van der Waals surface area contributed by atoms with Gasteiger partial charge in [-0.2, -0.15) is 0 Å². The van der Waals surface area contributed by atoms with Gasteiger partial charge in [0.25, 0.3) is 0 Å². The fraction of sp³-hybridized carbons (Fsp3) is 0.227. The van der Waals surface area contributed by atoms with Crippen molar-refractivity contribution in [3.05, 3.63) is 84.2 Å². The first-order valence-corrected chi connectivity index (χ1v) is 8.85. The Hall–Kier alpha value is -3.21. The molecule has 0 aliphatic rings. The number of hydrogen-bond acceptors (Lipinski definition) is 3. The van der Waals surface area contributed by atoms with Crippen molar-refractivity contribution in [2.75, 3.05) is 14.2 Å². The third-order valence-corrected chi connectivity index (χ3v) is 4.49. The lowest BCUT2D eigenvalue weighted by molar-refractivity contribution is -0.121. The maximum Gasteiger partial charge on any atom is 0.222 e. The number of ether oxygens (including phenoxy) is 2. The summed E-state index contributed by atoms with van der Waals surface area (Å²) in [5.74, 6) is 1.58. The molecule has 1 heterocycles. The molecule has 27 heavy (non-hydrogen) atoms. The predicted octanol–water partition coefficient (Wildman–Crippen LogP) is 3.80. The summed E-state index contributed by atoms with van der Waals surface area (Å²) in [6.45, 7) is 0.485. The van der Waals surface area contributed by atoms with Gasteiger partial charge in [0, 0.05) is 18.9 Å². The van der Waals surface area contributed by atoms with E-state index in [0.29, 0.717) is 13.0 Å². The van der Waals surface area contributed by atoms with Crippen LogP contribution in [0.25, 0.3) is 0 Å². The third kappa shape index (κ3) is 4.91. The Kier molecular flexibility index (Phi) is 6.15. The highest BCUT2D eigenvalue weighted by Gasteiger charge is 2.18. The number of nitrogens with one attached hydrogen (secondary N) is 1. The van der Waals surface area contributed by atoms with Crippen molar-refractivity contribution in [3.63, 3.8) is 0 Å². The standard InChI is InChI=1S/C22H24N2O3/c1-26-19-10-8-17(9-11-19)16-23-22(25)15-21(24-12-3-4-13-24)18-6-5-7-20(14-18)27-2/h3-14,21H,15-16H2,1-2H3,(H,23,25)/t21-/m0/s1. The molecule has 1 aromatic heterocycles. The van der Waals surface area contributed by atoms with E-state index in [2.05, 4.69) is 5.32 Å². The Morgan fingerprint density at radius 1 is 0.963 bits per heavy atom. The van der Waals surface area contributed by atoms with Gasteiger partial charge in [-0.25, -0.2) is 0 Å². The molecule has 0 unspecified atom stereocenters. The van der Waals surface area contributed by atoms with Crippen LogP contribution in [0.2, 0.25) is 0 Å². The molecule has 1 amide bonds. The number of amides is 1. The quantitative estimate of drug-likeness (QED) is 0.661. The highest BCUT2D eigenvalue weighted by atomic mass is 16.5. The van der Waals surface area contributed by atoms with E-state index >= 15 is 0 Å². The number of carbonyl (C=O) groups excluding carboxylic acids is 1. The van der Waals surface area contributed by atoms with Crippen LogP contribution in [0.1, 0.15) is 23.6 Å². The molecule has 0 aliphatic carbocycles. The first kappa shape index (κ1) is 18.6. The summed E-state index contributed by atoms with van der Waals surface area (Å²) in [7, 11) is 3.28. The van der Waals surface area contributed by atoms with Gasteiger partial charge in [0.15, 0.2) is 0 Å². The van der Waals surface area contributed by atoms with Crippen LogP contribution in [0.5, 0.6) is 11.5 Å². The van der Waals surface area contributed by atoms with Gasteiger partial charge in [0.05, 0.1) is 26.7 Å². The van der Waals surface area contributed by atoms with E-state index in [1.807, 2.05) is 77.6 Å². The molecule has 0 fully saturated rings. The number of hydrogen-bond donors (Lipinski definition) is 1. The summed E-state index contributed by atoms with van der Waals surface area (Å²) < 4.78 is 12.5. The van der Waals surface area contributed by atoms with Gasteiger partial charge in [-0.1, -0.05) is 24.3 Å². The third-order valence-electron chi connectivity index (χ3n) is 4.49. The van der Waals surface area contributed by atoms with E-state index in [0.717, 1.165) is 22.6 Å². The van der Waals surface area contributed by atoms with Gasteiger partial charge < -0.3 is 19.4 Å². The Balaban J connectivity index is 1.69. The highest BCUT2D eigenvalue weighted by molar-refractivity contribution is 5.77. The summed E-state index contributed by atoms with van der Waals surface area (Å²) in [5.41, 5.74) is 2.06. The van der Waals surface area contributed by atoms with E-state index in [9.17, 15) is 4.79 Å². The SMILES string of the molecule is COc1ccc(CNC(=O)C[C@@H](c2cccc(OC)c2)n2cccc2)cc1. The molecule has 3 aromatic rings. The predicted molar refractivity (Wildman–Crippen MR) is 105 cm³/mol. The second-order valence-electron chi connectivity index (χ2n) is 6.25. The Morgan fingerprint density at radius 2 is 1.67 bits per heavy atom. The summed E-state index contributed by atoms with van der Waals surface area (Å²) in [6.07, 6.45) is 4.29. The molecule has 1 atom stereocenters. The number of methoxy groups -OCH3 is 2. The highest BCUT2D eigenvalue weighted by Crippen LogP contribution is 2.25. The fourth-order valence-electron chi connectivity index (χ4n) is 2.99. The molecular formula is C22H24N2O3. The summed E-state index contributed by atoms with van der Waals surface area (Å²) in [5, 5.41) is 3.00. The molecule has 0 saturated heterocycles. The van der Waals surface area contributed by atoms with Gasteiger partial charge in [-0.15, -0.1) is 0 Å². The van der Waals surface area contributed by atoms with Crippen LogP contribution in [-0.2, 0) is 11.3 Å². The molecule has 0 bridgehead atoms. The lowest BCUT2D eigenvalue weighted by Gasteiger charge is -2.20. The molecule has 1 N–H and O–H groups in total. The van der Waals surface area contributed by atoms with Gasteiger partial charge in [-0.05, 0) is 47.5 Å². The largest absolute Gasteiger partial charge is 0.497 e. The van der Waals surface area contributed by atoms with Gasteiger partial charge in [-0.3, -0.25) is 4.79 Å². The van der Waals surface area contributed by atoms with Crippen LogP contribution in [-0.4, -0.2) is 24.7 Å². The van der Waals surface area contributed by atoms with Crippen LogP contribution in [0.15, 0.2) is 73.1 Å². The first-order valence-electron chi connectivity index (χ1n) is 8.85. The van der Waals surface area contributed by atoms with Crippen molar-refractivity contribution < 1.29 is 14.3 Å². The average molecular weight is 364 g/mol. The van der Waals surface area contributed by atoms with Crippen molar-refractivity contribution in [2.24, 2.45) is 0 Å². The first-order chi connectivity index (χ1) is 13.2. The van der Waals surface area contributed by atoms with Crippen LogP contribution < -0.4 is 14.8 Å². The normalized spacial score (nSPS) is 11.6. The summed E-state index contributed by atoms with van der Waals surface area (Å²) in [6, 6.07) is 19.3. The maximum atomic E-state index is 12.6. The molecule has 5 heteroatoms. The Labute approximate surface area is 159 Å². The number of benzene rings is 2. The molecular weight excluding hydrogens is 340 g/mol. The van der Waals surface area contributed by atoms with E-state index < -0.39 is 0 Å². The van der Waals surface area contributed by atoms with E-state index in [-0.39, 0.29) is 11.9 Å². The van der Waals surface area contributed by atoms with Crippen molar-refractivity contribution in [1.29, 1.82) is 0 Å². The zero-order chi connectivity index (χ0) is 19.1. The average Bonchev–Trinajstić information content (AvgIpc) is 3.25. The smallest absolute Gasteiger partial charge is 0.222 e. The number of rotatable bonds is 8. The maximum absolute atomic E-state index is 12.6. The molecule has 0 spiro atoms. The minimum absolute atomic E-state index is 0.00709. The van der Waals surface area contributed by atoms with Crippen LogP contribution in [0.4, 0.5) is 0 Å². The summed E-state index contributed by atoms with van der Waals surface area (Å²) >= 11 is 0. The zero-order valence-corrected chi connectivity index (χ0v) is 15.6. The van der Waals surface area contributed by atoms with Gasteiger partial charge in [0.2, 0.25) is 5.91 Å². The van der Waals surface area contributed by atoms with Gasteiger partial charge in [0.1, 0.15) is 11.5 Å². The summed E-state index contributed by atoms with van der Waals surface area (Å²) in [4.78, 5) is 12.6. The topological polar surface area (TPSA) is 52.5 Å². The van der Waals surface area contributed by atoms with E-state index in [1.54, 1.807) is 14.2 Å². The second kappa shape index (κ2) is 8.94. The molecule has 0 aliphatic heterocycles. The van der Waals surface area contributed by atoms with Gasteiger partial charge >= 0.3 is 0 Å². The van der Waals surface area contributed by atoms with Crippen molar-refractivity contribution >= 4 is 5.91 Å². The number of carbonyl (C=O) groups is 1. The molecule has 140 valence electrons. The van der Waals surface area contributed by atoms with Crippen LogP contribution in [0.3, 0.4) is 0 Å². The number of aromatic nitrogens is 1. The monoisotopic (exact) mass is 364 g/mol. The van der Waals surface area contributed by atoms with Crippen molar-refractivity contribution in [3.8, 4) is 11.5 Å². The fourth-order valence-corrected chi connectivity index (χ4v) is 2.99. The lowest BCUT2D eigenvalue weighted by Crippen LogP contribution is -2.26. The molecule has 0 radical (unpaired) electrons. The lowest BCUT2D eigenvalue weighted by atomic mass is 10.0.